The number of nitrogens with zero attached hydrogens (tertiary/aromatic N) is 1. The van der Waals surface area contributed by atoms with Gasteiger partial charge >= 0.3 is 0 Å². The van der Waals surface area contributed by atoms with Crippen LogP contribution in [-0.4, -0.2) is 28.7 Å². The lowest BCUT2D eigenvalue weighted by Gasteiger charge is -2.23. The van der Waals surface area contributed by atoms with Crippen LogP contribution in [0.4, 0.5) is 0 Å². The van der Waals surface area contributed by atoms with Crippen LogP contribution in [-0.2, 0) is 6.54 Å². The van der Waals surface area contributed by atoms with E-state index in [1.54, 1.807) is 0 Å². The first-order valence-electron chi connectivity index (χ1n) is 6.64. The molecule has 19 heavy (non-hydrogen) atoms. The van der Waals surface area contributed by atoms with Crippen molar-refractivity contribution in [2.75, 3.05) is 13.2 Å². The lowest BCUT2D eigenvalue weighted by Crippen LogP contribution is -2.35. The molecule has 0 radical (unpaired) electrons. The second-order valence-corrected chi connectivity index (χ2v) is 6.47. The van der Waals surface area contributed by atoms with Gasteiger partial charge in [0.15, 0.2) is 0 Å². The maximum atomic E-state index is 12.2. The molecule has 0 aliphatic heterocycles. The summed E-state index contributed by atoms with van der Waals surface area (Å²) in [6, 6.07) is 1.84. The standard InChI is InChI=1S/C14H23BrN2O2/c1-4-6-17-9-11(15)8-12(17)13(19)16-10-14(2,3)5-7-18/h8-9,18H,4-7,10H2,1-3H3,(H,16,19). The summed E-state index contributed by atoms with van der Waals surface area (Å²) in [4.78, 5) is 12.2. The first-order chi connectivity index (χ1) is 8.89. The second-order valence-electron chi connectivity index (χ2n) is 5.56. The van der Waals surface area contributed by atoms with Gasteiger partial charge in [-0.15, -0.1) is 0 Å². The normalized spacial score (nSPS) is 11.6. The summed E-state index contributed by atoms with van der Waals surface area (Å²) in [5.74, 6) is -0.0647. The fourth-order valence-electron chi connectivity index (χ4n) is 1.89. The Bertz CT molecular complexity index is 427. The van der Waals surface area contributed by atoms with Crippen molar-refractivity contribution >= 4 is 21.8 Å². The molecular weight excluding hydrogens is 308 g/mol. The van der Waals surface area contributed by atoms with E-state index in [9.17, 15) is 4.79 Å². The third kappa shape index (κ3) is 4.99. The lowest BCUT2D eigenvalue weighted by atomic mass is 9.90. The largest absolute Gasteiger partial charge is 0.396 e. The monoisotopic (exact) mass is 330 g/mol. The quantitative estimate of drug-likeness (QED) is 0.807. The second kappa shape index (κ2) is 7.10. The predicted octanol–water partition coefficient (Wildman–Crippen LogP) is 2.80. The highest BCUT2D eigenvalue weighted by molar-refractivity contribution is 9.10. The van der Waals surface area contributed by atoms with E-state index >= 15 is 0 Å². The molecule has 2 N–H and O–H groups in total. The molecule has 0 unspecified atom stereocenters. The maximum absolute atomic E-state index is 12.2. The highest BCUT2D eigenvalue weighted by Crippen LogP contribution is 2.19. The zero-order chi connectivity index (χ0) is 14.5. The number of hydrogen-bond donors (Lipinski definition) is 2. The summed E-state index contributed by atoms with van der Waals surface area (Å²) in [7, 11) is 0. The molecule has 0 aliphatic carbocycles. The van der Waals surface area contributed by atoms with Crippen molar-refractivity contribution in [2.24, 2.45) is 5.41 Å². The smallest absolute Gasteiger partial charge is 0.267 e. The molecule has 4 nitrogen and oxygen atoms in total. The van der Waals surface area contributed by atoms with Gasteiger partial charge in [-0.2, -0.15) is 0 Å². The number of halogens is 1. The summed E-state index contributed by atoms with van der Waals surface area (Å²) in [6.45, 7) is 7.67. The summed E-state index contributed by atoms with van der Waals surface area (Å²) in [5, 5.41) is 11.9. The molecule has 0 saturated heterocycles. The fraction of sp³-hybridized carbons (Fsp3) is 0.643. The van der Waals surface area contributed by atoms with E-state index in [2.05, 4.69) is 28.2 Å². The third-order valence-corrected chi connectivity index (χ3v) is 3.51. The number of amides is 1. The van der Waals surface area contributed by atoms with Crippen LogP contribution >= 0.6 is 15.9 Å². The first kappa shape index (κ1) is 16.2. The molecule has 0 spiro atoms. The zero-order valence-corrected chi connectivity index (χ0v) is 13.5. The number of carbonyl (C=O) groups is 1. The van der Waals surface area contributed by atoms with Gasteiger partial charge in [-0.05, 0) is 40.3 Å². The molecule has 1 heterocycles. The van der Waals surface area contributed by atoms with Gasteiger partial charge in [-0.25, -0.2) is 0 Å². The third-order valence-electron chi connectivity index (χ3n) is 3.08. The highest BCUT2D eigenvalue weighted by Gasteiger charge is 2.20. The van der Waals surface area contributed by atoms with Crippen LogP contribution in [0.15, 0.2) is 16.7 Å². The van der Waals surface area contributed by atoms with Crippen LogP contribution in [0.1, 0.15) is 44.1 Å². The van der Waals surface area contributed by atoms with Crippen LogP contribution in [0, 0.1) is 5.41 Å². The topological polar surface area (TPSA) is 54.3 Å². The Labute approximate surface area is 123 Å². The number of hydrogen-bond acceptors (Lipinski definition) is 2. The van der Waals surface area contributed by atoms with Crippen molar-refractivity contribution < 1.29 is 9.90 Å². The summed E-state index contributed by atoms with van der Waals surface area (Å²) < 4.78 is 2.87. The lowest BCUT2D eigenvalue weighted by molar-refractivity contribution is 0.0918. The number of aliphatic hydroxyl groups is 1. The molecule has 108 valence electrons. The molecular formula is C14H23BrN2O2. The number of aromatic nitrogens is 1. The van der Waals surface area contributed by atoms with Crippen molar-refractivity contribution in [3.63, 3.8) is 0 Å². The molecule has 0 saturated carbocycles. The Hall–Kier alpha value is -0.810. The number of aliphatic hydroxyl groups excluding tert-OH is 1. The van der Waals surface area contributed by atoms with Crippen LogP contribution < -0.4 is 5.32 Å². The average molecular weight is 331 g/mol. The molecule has 0 aromatic carbocycles. The minimum absolute atomic E-state index is 0.0647. The van der Waals surface area contributed by atoms with Gasteiger partial charge in [-0.1, -0.05) is 20.8 Å². The van der Waals surface area contributed by atoms with E-state index in [1.807, 2.05) is 30.7 Å². The number of rotatable bonds is 7. The van der Waals surface area contributed by atoms with Gasteiger partial charge in [0.05, 0.1) is 0 Å². The van der Waals surface area contributed by atoms with Crippen molar-refractivity contribution in [3.05, 3.63) is 22.4 Å². The van der Waals surface area contributed by atoms with Crippen LogP contribution in [0.25, 0.3) is 0 Å². The van der Waals surface area contributed by atoms with Crippen LogP contribution in [0.3, 0.4) is 0 Å². The van der Waals surface area contributed by atoms with Gasteiger partial charge < -0.3 is 15.0 Å². The van der Waals surface area contributed by atoms with E-state index in [4.69, 9.17) is 5.11 Å². The van der Waals surface area contributed by atoms with Gasteiger partial charge in [0.1, 0.15) is 5.69 Å². The van der Waals surface area contributed by atoms with E-state index in [0.29, 0.717) is 18.7 Å². The van der Waals surface area contributed by atoms with Gasteiger partial charge in [0, 0.05) is 30.4 Å². The Morgan fingerprint density at radius 2 is 2.21 bits per heavy atom. The summed E-state index contributed by atoms with van der Waals surface area (Å²) >= 11 is 3.40. The SMILES string of the molecule is CCCn1cc(Br)cc1C(=O)NCC(C)(C)CCO. The maximum Gasteiger partial charge on any atom is 0.267 e. The van der Waals surface area contributed by atoms with Crippen molar-refractivity contribution in [2.45, 2.75) is 40.2 Å². The first-order valence-corrected chi connectivity index (χ1v) is 7.43. The molecule has 1 aromatic rings. The average Bonchev–Trinajstić information content (AvgIpc) is 2.68. The molecule has 0 fully saturated rings. The molecule has 1 rings (SSSR count). The van der Waals surface area contributed by atoms with E-state index in [1.165, 1.54) is 0 Å². The Morgan fingerprint density at radius 3 is 2.79 bits per heavy atom. The highest BCUT2D eigenvalue weighted by atomic mass is 79.9. The van der Waals surface area contributed by atoms with Crippen LogP contribution in [0.2, 0.25) is 0 Å². The Kier molecular flexibility index (Phi) is 6.07. The zero-order valence-electron chi connectivity index (χ0n) is 11.9. The summed E-state index contributed by atoms with van der Waals surface area (Å²) in [6.07, 6.45) is 3.58. The van der Waals surface area contributed by atoms with E-state index in [-0.39, 0.29) is 17.9 Å². The number of nitrogens with one attached hydrogen (secondary N) is 1. The van der Waals surface area contributed by atoms with Gasteiger partial charge in [0.2, 0.25) is 0 Å². The molecule has 0 aliphatic rings. The van der Waals surface area contributed by atoms with Gasteiger partial charge in [-0.3, -0.25) is 4.79 Å². The fourth-order valence-corrected chi connectivity index (χ4v) is 2.36. The molecule has 1 aromatic heterocycles. The Balaban J connectivity index is 2.68. The van der Waals surface area contributed by atoms with Crippen molar-refractivity contribution in [3.8, 4) is 0 Å². The minimum Gasteiger partial charge on any atom is -0.396 e. The molecule has 1 amide bonds. The molecule has 0 bridgehead atoms. The van der Waals surface area contributed by atoms with E-state index in [0.717, 1.165) is 17.4 Å². The predicted molar refractivity (Wildman–Crippen MR) is 80.2 cm³/mol. The number of aryl methyl sites for hydroxylation is 1. The van der Waals surface area contributed by atoms with Crippen molar-refractivity contribution in [1.82, 2.24) is 9.88 Å². The molecule has 5 heteroatoms. The Morgan fingerprint density at radius 1 is 1.53 bits per heavy atom. The summed E-state index contributed by atoms with van der Waals surface area (Å²) in [5.41, 5.74) is 0.581. The van der Waals surface area contributed by atoms with Crippen LogP contribution in [0.5, 0.6) is 0 Å². The van der Waals surface area contributed by atoms with Gasteiger partial charge in [0.25, 0.3) is 5.91 Å². The minimum atomic E-state index is -0.0934. The molecule has 0 atom stereocenters. The number of carbonyl (C=O) groups excluding carboxylic acids is 1. The van der Waals surface area contributed by atoms with Crippen molar-refractivity contribution in [1.29, 1.82) is 0 Å². The van der Waals surface area contributed by atoms with E-state index < -0.39 is 0 Å².